The van der Waals surface area contributed by atoms with E-state index in [9.17, 15) is 9.18 Å². The number of nitrogens with one attached hydrogen (secondary N) is 1. The summed E-state index contributed by atoms with van der Waals surface area (Å²) in [4.78, 5) is 24.1. The van der Waals surface area contributed by atoms with Crippen molar-refractivity contribution in [1.82, 2.24) is 30.0 Å². The van der Waals surface area contributed by atoms with Gasteiger partial charge in [-0.2, -0.15) is 5.10 Å². The van der Waals surface area contributed by atoms with Gasteiger partial charge in [-0.15, -0.1) is 0 Å². The van der Waals surface area contributed by atoms with Crippen molar-refractivity contribution in [3.05, 3.63) is 53.7 Å². The Kier molecular flexibility index (Phi) is 6.98. The third-order valence-electron chi connectivity index (χ3n) is 5.90. The van der Waals surface area contributed by atoms with E-state index in [4.69, 9.17) is 4.74 Å². The van der Waals surface area contributed by atoms with Crippen LogP contribution >= 0.6 is 0 Å². The number of hydrogen-bond acceptors (Lipinski definition) is 6. The van der Waals surface area contributed by atoms with Crippen molar-refractivity contribution >= 4 is 5.91 Å². The van der Waals surface area contributed by atoms with Gasteiger partial charge in [-0.3, -0.25) is 4.79 Å². The zero-order valence-electron chi connectivity index (χ0n) is 19.2. The van der Waals surface area contributed by atoms with Crippen molar-refractivity contribution in [2.45, 2.75) is 32.6 Å². The first kappa shape index (κ1) is 22.8. The predicted molar refractivity (Wildman–Crippen MR) is 123 cm³/mol. The van der Waals surface area contributed by atoms with E-state index in [0.29, 0.717) is 29.3 Å². The van der Waals surface area contributed by atoms with E-state index < -0.39 is 5.82 Å². The zero-order valence-corrected chi connectivity index (χ0v) is 19.2. The predicted octanol–water partition coefficient (Wildman–Crippen LogP) is 3.43. The van der Waals surface area contributed by atoms with Crippen molar-refractivity contribution in [2.24, 2.45) is 0 Å². The molecule has 0 atom stereocenters. The lowest BCUT2D eigenvalue weighted by molar-refractivity contribution is 0.0948. The first-order valence-corrected chi connectivity index (χ1v) is 11.3. The molecule has 3 aromatic rings. The monoisotopic (exact) mass is 452 g/mol. The van der Waals surface area contributed by atoms with Crippen LogP contribution in [0, 0.1) is 5.82 Å². The van der Waals surface area contributed by atoms with E-state index in [2.05, 4.69) is 39.1 Å². The number of halogens is 1. The number of ether oxygens (including phenoxy) is 1. The third kappa shape index (κ3) is 5.03. The quantitative estimate of drug-likeness (QED) is 0.507. The molecule has 1 aliphatic carbocycles. The molecule has 2 heterocycles. The van der Waals surface area contributed by atoms with Crippen LogP contribution < -0.4 is 10.1 Å². The molecule has 0 spiro atoms. The molecule has 0 saturated heterocycles. The summed E-state index contributed by atoms with van der Waals surface area (Å²) < 4.78 is 20.8. The Balaban J connectivity index is 1.59. The minimum Gasteiger partial charge on any atom is -0.494 e. The van der Waals surface area contributed by atoms with E-state index in [1.54, 1.807) is 35.3 Å². The first-order chi connectivity index (χ1) is 16.0. The smallest absolute Gasteiger partial charge is 0.254 e. The second-order valence-corrected chi connectivity index (χ2v) is 8.00. The normalized spacial score (nSPS) is 13.4. The Hall–Kier alpha value is -3.33. The van der Waals surface area contributed by atoms with Gasteiger partial charge in [0.15, 0.2) is 11.6 Å². The summed E-state index contributed by atoms with van der Waals surface area (Å²) in [7, 11) is 1.43. The number of methoxy groups -OCH3 is 1. The molecule has 174 valence electrons. The van der Waals surface area contributed by atoms with Crippen LogP contribution in [0.4, 0.5) is 4.39 Å². The summed E-state index contributed by atoms with van der Waals surface area (Å²) in [6, 6.07) is 6.40. The lowest BCUT2D eigenvalue weighted by atomic mass is 10.1. The number of carbonyl (C=O) groups excluding carboxylic acids is 1. The highest BCUT2D eigenvalue weighted by atomic mass is 19.1. The minimum atomic E-state index is -0.461. The number of benzene rings is 1. The summed E-state index contributed by atoms with van der Waals surface area (Å²) in [5, 5.41) is 7.46. The lowest BCUT2D eigenvalue weighted by Gasteiger charge is -2.18. The average Bonchev–Trinajstić information content (AvgIpc) is 3.59. The van der Waals surface area contributed by atoms with Crippen LogP contribution in [-0.4, -0.2) is 63.8 Å². The number of likely N-dealkylation sites (N-methyl/N-ethyl adjacent to an activating group) is 1. The second kappa shape index (κ2) is 10.1. The van der Waals surface area contributed by atoms with Crippen LogP contribution in [0.3, 0.4) is 0 Å². The van der Waals surface area contributed by atoms with Gasteiger partial charge < -0.3 is 15.0 Å². The Morgan fingerprint density at radius 3 is 2.73 bits per heavy atom. The van der Waals surface area contributed by atoms with E-state index in [0.717, 1.165) is 38.2 Å². The summed E-state index contributed by atoms with van der Waals surface area (Å²) in [5.74, 6) is 0.183. The molecule has 1 fully saturated rings. The summed E-state index contributed by atoms with van der Waals surface area (Å²) in [6.45, 7) is 7.48. The van der Waals surface area contributed by atoms with Crippen molar-refractivity contribution in [2.75, 3.05) is 33.3 Å². The van der Waals surface area contributed by atoms with Gasteiger partial charge in [-0.1, -0.05) is 13.8 Å². The topological polar surface area (TPSA) is 85.2 Å². The van der Waals surface area contributed by atoms with Gasteiger partial charge in [0.25, 0.3) is 11.9 Å². The number of aromatic nitrogens is 4. The fraction of sp³-hybridized carbons (Fsp3) is 0.417. The molecule has 8 nitrogen and oxygen atoms in total. The maximum Gasteiger partial charge on any atom is 0.254 e. The highest BCUT2D eigenvalue weighted by molar-refractivity contribution is 5.95. The maximum atomic E-state index is 14.2. The van der Waals surface area contributed by atoms with Crippen molar-refractivity contribution < 1.29 is 13.9 Å². The van der Waals surface area contributed by atoms with Crippen LogP contribution in [-0.2, 0) is 0 Å². The van der Waals surface area contributed by atoms with Crippen molar-refractivity contribution in [3.63, 3.8) is 0 Å². The van der Waals surface area contributed by atoms with Gasteiger partial charge in [-0.25, -0.2) is 19.0 Å². The first-order valence-electron chi connectivity index (χ1n) is 11.3. The molecular weight excluding hydrogens is 423 g/mol. The number of amides is 1. The molecule has 9 heteroatoms. The van der Waals surface area contributed by atoms with E-state index in [-0.39, 0.29) is 17.6 Å². The van der Waals surface area contributed by atoms with Crippen LogP contribution in [0.5, 0.6) is 5.75 Å². The van der Waals surface area contributed by atoms with Crippen LogP contribution in [0.25, 0.3) is 17.2 Å². The lowest BCUT2D eigenvalue weighted by Crippen LogP contribution is -2.35. The molecule has 1 aliphatic rings. The molecule has 1 aromatic carbocycles. The zero-order chi connectivity index (χ0) is 23.4. The fourth-order valence-corrected chi connectivity index (χ4v) is 3.84. The van der Waals surface area contributed by atoms with Crippen LogP contribution in [0.2, 0.25) is 0 Å². The van der Waals surface area contributed by atoms with Crippen LogP contribution in [0.1, 0.15) is 48.7 Å². The summed E-state index contributed by atoms with van der Waals surface area (Å²) in [5.41, 5.74) is 2.55. The number of rotatable bonds is 10. The molecule has 2 aromatic heterocycles. The molecular formula is C24H29FN6O2. The van der Waals surface area contributed by atoms with E-state index in [1.807, 2.05) is 0 Å². The van der Waals surface area contributed by atoms with Gasteiger partial charge in [0.1, 0.15) is 0 Å². The third-order valence-corrected chi connectivity index (χ3v) is 5.90. The standard InChI is InChI=1S/C24H29FN6O2/c1-4-30(5-2)13-12-26-23(32)18-15-28-31(22(18)16-6-7-16)24-27-11-10-20(29-24)17-8-9-21(33-3)19(25)14-17/h8-11,14-16H,4-7,12-13H2,1-3H3,(H,26,32). The van der Waals surface area contributed by atoms with Crippen molar-refractivity contribution in [3.8, 4) is 23.0 Å². The number of nitrogens with zero attached hydrogens (tertiary/aromatic N) is 5. The Morgan fingerprint density at radius 2 is 2.06 bits per heavy atom. The second-order valence-electron chi connectivity index (χ2n) is 8.00. The largest absolute Gasteiger partial charge is 0.494 e. The molecule has 1 N–H and O–H groups in total. The Labute approximate surface area is 192 Å². The maximum absolute atomic E-state index is 14.2. The van der Waals surface area contributed by atoms with E-state index in [1.165, 1.54) is 13.2 Å². The number of hydrogen-bond donors (Lipinski definition) is 1. The van der Waals surface area contributed by atoms with Crippen LogP contribution in [0.15, 0.2) is 36.7 Å². The van der Waals surface area contributed by atoms with Gasteiger partial charge in [-0.05, 0) is 50.2 Å². The minimum absolute atomic E-state index is 0.135. The SMILES string of the molecule is CCN(CC)CCNC(=O)c1cnn(-c2nccc(-c3ccc(OC)c(F)c3)n2)c1C1CC1. The van der Waals surface area contributed by atoms with Gasteiger partial charge in [0.05, 0.1) is 30.3 Å². The van der Waals surface area contributed by atoms with E-state index >= 15 is 0 Å². The molecule has 0 radical (unpaired) electrons. The summed E-state index contributed by atoms with van der Waals surface area (Å²) in [6.07, 6.45) is 5.19. The molecule has 4 rings (SSSR count). The van der Waals surface area contributed by atoms with Gasteiger partial charge >= 0.3 is 0 Å². The summed E-state index contributed by atoms with van der Waals surface area (Å²) >= 11 is 0. The molecule has 33 heavy (non-hydrogen) atoms. The van der Waals surface area contributed by atoms with Gasteiger partial charge in [0, 0.05) is 30.8 Å². The highest BCUT2D eigenvalue weighted by Gasteiger charge is 2.33. The molecule has 0 aliphatic heterocycles. The average molecular weight is 453 g/mol. The number of carbonyl (C=O) groups is 1. The van der Waals surface area contributed by atoms with Crippen molar-refractivity contribution in [1.29, 1.82) is 0 Å². The highest BCUT2D eigenvalue weighted by Crippen LogP contribution is 2.42. The molecule has 0 unspecified atom stereocenters. The molecule has 0 bridgehead atoms. The fourth-order valence-electron chi connectivity index (χ4n) is 3.84. The molecule has 1 amide bonds. The molecule has 1 saturated carbocycles. The Bertz CT molecular complexity index is 1120. The van der Waals surface area contributed by atoms with Gasteiger partial charge in [0.2, 0.25) is 0 Å². The Morgan fingerprint density at radius 1 is 1.27 bits per heavy atom.